The molecule has 1 saturated carbocycles. The van der Waals surface area contributed by atoms with Crippen molar-refractivity contribution in [2.24, 2.45) is 5.92 Å². The highest BCUT2D eigenvalue weighted by molar-refractivity contribution is 4.84. The van der Waals surface area contributed by atoms with Crippen LogP contribution in [0.3, 0.4) is 0 Å². The van der Waals surface area contributed by atoms with Crippen LogP contribution in [0, 0.1) is 5.92 Å². The summed E-state index contributed by atoms with van der Waals surface area (Å²) in [5.74, 6) is 1.64. The van der Waals surface area contributed by atoms with Crippen molar-refractivity contribution in [3.05, 3.63) is 12.2 Å². The van der Waals surface area contributed by atoms with E-state index in [2.05, 4.69) is 41.2 Å². The summed E-state index contributed by atoms with van der Waals surface area (Å²) in [6.07, 6.45) is 7.21. The van der Waals surface area contributed by atoms with Gasteiger partial charge >= 0.3 is 0 Å². The van der Waals surface area contributed by atoms with E-state index < -0.39 is 0 Å². The summed E-state index contributed by atoms with van der Waals surface area (Å²) in [5, 5.41) is 7.78. The first-order chi connectivity index (χ1) is 9.66. The maximum absolute atomic E-state index is 4.34. The molecule has 1 fully saturated rings. The molecule has 0 radical (unpaired) electrons. The molecule has 114 valence electrons. The smallest absolute Gasteiger partial charge is 0.140 e. The highest BCUT2D eigenvalue weighted by atomic mass is 15.3. The Hall–Kier alpha value is -0.940. The quantitative estimate of drug-likeness (QED) is 0.738. The van der Waals surface area contributed by atoms with Crippen molar-refractivity contribution in [3.63, 3.8) is 0 Å². The monoisotopic (exact) mass is 279 g/mol. The molecule has 0 aromatic carbocycles. The Bertz CT molecular complexity index is 381. The third-order valence-electron chi connectivity index (χ3n) is 4.11. The van der Waals surface area contributed by atoms with Crippen LogP contribution in [0.15, 0.2) is 6.33 Å². The Kier molecular flexibility index (Phi) is 5.98. The fraction of sp³-hybridized carbons (Fsp3) is 0.867. The molecule has 0 bridgehead atoms. The molecule has 1 aromatic rings. The van der Waals surface area contributed by atoms with E-state index in [1.54, 1.807) is 6.33 Å². The lowest BCUT2D eigenvalue weighted by Gasteiger charge is -2.23. The van der Waals surface area contributed by atoms with Crippen molar-refractivity contribution >= 4 is 0 Å². The molecule has 0 spiro atoms. The van der Waals surface area contributed by atoms with Gasteiger partial charge in [0.2, 0.25) is 0 Å². The molecule has 0 saturated heterocycles. The Labute approximate surface area is 122 Å². The average molecular weight is 279 g/mol. The Morgan fingerprint density at radius 3 is 2.85 bits per heavy atom. The van der Waals surface area contributed by atoms with E-state index in [9.17, 15) is 0 Å². The largest absolute Gasteiger partial charge is 0.309 e. The third kappa shape index (κ3) is 4.56. The fourth-order valence-corrected chi connectivity index (χ4v) is 2.91. The van der Waals surface area contributed by atoms with Gasteiger partial charge in [0.25, 0.3) is 0 Å². The second kappa shape index (κ2) is 7.74. The van der Waals surface area contributed by atoms with E-state index in [1.165, 1.54) is 25.7 Å². The molecular weight excluding hydrogens is 250 g/mol. The van der Waals surface area contributed by atoms with Gasteiger partial charge < -0.3 is 10.2 Å². The number of hydrogen-bond acceptors (Lipinski definition) is 4. The summed E-state index contributed by atoms with van der Waals surface area (Å²) in [5.41, 5.74) is 0. The van der Waals surface area contributed by atoms with Crippen LogP contribution in [0.4, 0.5) is 0 Å². The molecule has 0 unspecified atom stereocenters. The maximum atomic E-state index is 4.34. The van der Waals surface area contributed by atoms with Crippen LogP contribution in [-0.2, 0) is 13.1 Å². The SMILES string of the molecule is CC(C)Cn1ncnc1CNCCN(C)C1CCCC1. The van der Waals surface area contributed by atoms with Gasteiger partial charge in [-0.2, -0.15) is 5.10 Å². The Morgan fingerprint density at radius 2 is 2.15 bits per heavy atom. The molecule has 2 rings (SSSR count). The van der Waals surface area contributed by atoms with E-state index in [4.69, 9.17) is 0 Å². The van der Waals surface area contributed by atoms with Crippen LogP contribution in [0.2, 0.25) is 0 Å². The van der Waals surface area contributed by atoms with E-state index in [0.717, 1.165) is 38.0 Å². The number of rotatable bonds is 8. The van der Waals surface area contributed by atoms with Crippen LogP contribution >= 0.6 is 0 Å². The van der Waals surface area contributed by atoms with Crippen molar-refractivity contribution in [1.29, 1.82) is 0 Å². The van der Waals surface area contributed by atoms with Crippen molar-refractivity contribution < 1.29 is 0 Å². The number of likely N-dealkylation sites (N-methyl/N-ethyl adjacent to an activating group) is 1. The summed E-state index contributed by atoms with van der Waals surface area (Å²) in [6, 6.07) is 0.807. The molecule has 0 amide bonds. The normalized spacial score (nSPS) is 16.6. The summed E-state index contributed by atoms with van der Waals surface area (Å²) >= 11 is 0. The zero-order chi connectivity index (χ0) is 14.4. The van der Waals surface area contributed by atoms with Gasteiger partial charge in [-0.05, 0) is 25.8 Å². The lowest BCUT2D eigenvalue weighted by Crippen LogP contribution is -2.35. The molecule has 5 nitrogen and oxygen atoms in total. The van der Waals surface area contributed by atoms with Crippen molar-refractivity contribution in [2.45, 2.75) is 58.7 Å². The molecule has 1 N–H and O–H groups in total. The second-order valence-corrected chi connectivity index (χ2v) is 6.35. The van der Waals surface area contributed by atoms with Crippen LogP contribution in [0.5, 0.6) is 0 Å². The lowest BCUT2D eigenvalue weighted by atomic mass is 10.2. The minimum atomic E-state index is 0.601. The predicted molar refractivity (Wildman–Crippen MR) is 81.5 cm³/mol. The van der Waals surface area contributed by atoms with Crippen molar-refractivity contribution in [2.75, 3.05) is 20.1 Å². The van der Waals surface area contributed by atoms with Crippen LogP contribution in [0.1, 0.15) is 45.4 Å². The van der Waals surface area contributed by atoms with Gasteiger partial charge in [0.1, 0.15) is 12.2 Å². The number of nitrogens with one attached hydrogen (secondary N) is 1. The van der Waals surface area contributed by atoms with Gasteiger partial charge in [-0.15, -0.1) is 0 Å². The van der Waals surface area contributed by atoms with Crippen molar-refractivity contribution in [3.8, 4) is 0 Å². The molecule has 1 aromatic heterocycles. The van der Waals surface area contributed by atoms with Gasteiger partial charge in [-0.1, -0.05) is 26.7 Å². The average Bonchev–Trinajstić information content (AvgIpc) is 3.05. The summed E-state index contributed by atoms with van der Waals surface area (Å²) in [4.78, 5) is 6.84. The Balaban J connectivity index is 1.66. The van der Waals surface area contributed by atoms with Gasteiger partial charge in [0, 0.05) is 25.7 Å². The highest BCUT2D eigenvalue weighted by Gasteiger charge is 2.18. The van der Waals surface area contributed by atoms with E-state index >= 15 is 0 Å². The van der Waals surface area contributed by atoms with E-state index in [1.807, 2.05) is 4.68 Å². The maximum Gasteiger partial charge on any atom is 0.140 e. The minimum absolute atomic E-state index is 0.601. The highest BCUT2D eigenvalue weighted by Crippen LogP contribution is 2.21. The first-order valence-electron chi connectivity index (χ1n) is 7.94. The van der Waals surface area contributed by atoms with Crippen LogP contribution in [-0.4, -0.2) is 45.8 Å². The lowest BCUT2D eigenvalue weighted by molar-refractivity contribution is 0.245. The minimum Gasteiger partial charge on any atom is -0.309 e. The first kappa shape index (κ1) is 15.4. The second-order valence-electron chi connectivity index (χ2n) is 6.35. The van der Waals surface area contributed by atoms with Gasteiger partial charge in [-0.3, -0.25) is 0 Å². The molecule has 20 heavy (non-hydrogen) atoms. The number of nitrogens with zero attached hydrogens (tertiary/aromatic N) is 4. The number of hydrogen-bond donors (Lipinski definition) is 1. The van der Waals surface area contributed by atoms with E-state index in [-0.39, 0.29) is 0 Å². The zero-order valence-electron chi connectivity index (χ0n) is 13.2. The molecule has 1 aliphatic rings. The molecule has 0 atom stereocenters. The van der Waals surface area contributed by atoms with Crippen molar-refractivity contribution in [1.82, 2.24) is 25.0 Å². The topological polar surface area (TPSA) is 46.0 Å². The van der Waals surface area contributed by atoms with E-state index in [0.29, 0.717) is 5.92 Å². The van der Waals surface area contributed by atoms with Gasteiger partial charge in [-0.25, -0.2) is 9.67 Å². The predicted octanol–water partition coefficient (Wildman–Crippen LogP) is 1.90. The summed E-state index contributed by atoms with van der Waals surface area (Å²) in [7, 11) is 2.25. The fourth-order valence-electron chi connectivity index (χ4n) is 2.91. The standard InChI is InChI=1S/C15H29N5/c1-13(2)11-20-15(17-12-18-20)10-16-8-9-19(3)14-6-4-5-7-14/h12-14,16H,4-11H2,1-3H3. The van der Waals surface area contributed by atoms with Gasteiger partial charge in [0.05, 0.1) is 6.54 Å². The molecule has 1 heterocycles. The summed E-state index contributed by atoms with van der Waals surface area (Å²) < 4.78 is 2.01. The zero-order valence-corrected chi connectivity index (χ0v) is 13.2. The molecular formula is C15H29N5. The number of aromatic nitrogens is 3. The summed E-state index contributed by atoms with van der Waals surface area (Å²) in [6.45, 7) is 8.29. The molecule has 0 aliphatic heterocycles. The Morgan fingerprint density at radius 1 is 1.40 bits per heavy atom. The first-order valence-corrected chi connectivity index (χ1v) is 7.94. The van der Waals surface area contributed by atoms with Gasteiger partial charge in [0.15, 0.2) is 0 Å². The van der Waals surface area contributed by atoms with Crippen LogP contribution in [0.25, 0.3) is 0 Å². The third-order valence-corrected chi connectivity index (χ3v) is 4.11. The molecule has 5 heteroatoms. The molecule has 1 aliphatic carbocycles. The van der Waals surface area contributed by atoms with Crippen LogP contribution < -0.4 is 5.32 Å².